The van der Waals surface area contributed by atoms with Crippen LogP contribution in [0.3, 0.4) is 0 Å². The van der Waals surface area contributed by atoms with E-state index in [1.54, 1.807) is 24.3 Å². The van der Waals surface area contributed by atoms with Crippen LogP contribution in [-0.4, -0.2) is 25.1 Å². The van der Waals surface area contributed by atoms with Crippen LogP contribution in [0.1, 0.15) is 59.3 Å². The molecule has 3 rings (SSSR count). The predicted octanol–water partition coefficient (Wildman–Crippen LogP) is 5.05. The Bertz CT molecular complexity index is 922. The second-order valence-corrected chi connectivity index (χ2v) is 7.96. The van der Waals surface area contributed by atoms with Gasteiger partial charge in [-0.2, -0.15) is 13.2 Å². The first-order chi connectivity index (χ1) is 15.2. The minimum atomic E-state index is -4.39. The van der Waals surface area contributed by atoms with Crippen molar-refractivity contribution < 1.29 is 32.2 Å². The Morgan fingerprint density at radius 2 is 1.69 bits per heavy atom. The summed E-state index contributed by atoms with van der Waals surface area (Å²) in [5.74, 6) is -0.612. The van der Waals surface area contributed by atoms with Crippen molar-refractivity contribution in [2.24, 2.45) is 5.92 Å². The first kappa shape index (κ1) is 23.8. The lowest BCUT2D eigenvalue weighted by molar-refractivity contribution is -0.141. The largest absolute Gasteiger partial charge is 0.465 e. The van der Waals surface area contributed by atoms with Crippen molar-refractivity contribution in [2.45, 2.75) is 51.1 Å². The van der Waals surface area contributed by atoms with Gasteiger partial charge in [-0.05, 0) is 61.1 Å². The molecule has 8 heteroatoms. The molecule has 1 aliphatic carbocycles. The molecule has 32 heavy (non-hydrogen) atoms. The number of methoxy groups -OCH3 is 1. The number of alkyl halides is 3. The first-order valence-electron chi connectivity index (χ1n) is 10.5. The molecule has 0 aliphatic heterocycles. The SMILES string of the molecule is COC(=O)c1ccc([C@H](C)NC(=O)C(OCc2ccc(C(F)(F)F)cc2)C2CCC2)cc1. The minimum Gasteiger partial charge on any atom is -0.465 e. The van der Waals surface area contributed by atoms with Crippen LogP contribution in [0.15, 0.2) is 48.5 Å². The lowest BCUT2D eigenvalue weighted by Crippen LogP contribution is -2.44. The number of nitrogens with one attached hydrogen (secondary N) is 1. The van der Waals surface area contributed by atoms with E-state index in [0.29, 0.717) is 11.1 Å². The van der Waals surface area contributed by atoms with Crippen LogP contribution in [0.4, 0.5) is 13.2 Å². The number of ether oxygens (including phenoxy) is 2. The summed E-state index contributed by atoms with van der Waals surface area (Å²) in [6.07, 6.45) is -2.31. The molecular weight excluding hydrogens is 423 g/mol. The zero-order valence-corrected chi connectivity index (χ0v) is 17.9. The fraction of sp³-hybridized carbons (Fsp3) is 0.417. The van der Waals surface area contributed by atoms with Crippen LogP contribution in [0.25, 0.3) is 0 Å². The van der Waals surface area contributed by atoms with Crippen LogP contribution < -0.4 is 5.32 Å². The molecule has 0 bridgehead atoms. The van der Waals surface area contributed by atoms with Crippen LogP contribution in [0, 0.1) is 5.92 Å². The van der Waals surface area contributed by atoms with Crippen molar-refractivity contribution in [3.8, 4) is 0 Å². The number of rotatable bonds is 8. The number of hydrogen-bond acceptors (Lipinski definition) is 4. The quantitative estimate of drug-likeness (QED) is 0.573. The summed E-state index contributed by atoms with van der Waals surface area (Å²) in [4.78, 5) is 24.5. The molecule has 5 nitrogen and oxygen atoms in total. The van der Waals surface area contributed by atoms with Crippen molar-refractivity contribution in [1.82, 2.24) is 5.32 Å². The van der Waals surface area contributed by atoms with Gasteiger partial charge in [-0.15, -0.1) is 0 Å². The molecule has 2 atom stereocenters. The molecule has 1 aliphatic rings. The Morgan fingerprint density at radius 1 is 1.06 bits per heavy atom. The third-order valence-corrected chi connectivity index (χ3v) is 5.74. The zero-order chi connectivity index (χ0) is 23.3. The van der Waals surface area contributed by atoms with Crippen molar-refractivity contribution in [3.05, 3.63) is 70.8 Å². The van der Waals surface area contributed by atoms with Gasteiger partial charge in [0.25, 0.3) is 0 Å². The van der Waals surface area contributed by atoms with Crippen molar-refractivity contribution in [1.29, 1.82) is 0 Å². The molecule has 0 heterocycles. The molecule has 2 aromatic carbocycles. The number of amides is 1. The predicted molar refractivity (Wildman–Crippen MR) is 112 cm³/mol. The maximum Gasteiger partial charge on any atom is 0.416 e. The van der Waals surface area contributed by atoms with E-state index >= 15 is 0 Å². The standard InChI is InChI=1S/C24H26F3NO4/c1-15(17-8-10-19(11-9-17)23(30)31-2)28-22(29)21(18-4-3-5-18)32-14-16-6-12-20(13-7-16)24(25,26)27/h6-13,15,18,21H,3-5,14H2,1-2H3,(H,28,29)/t15-,21?/m0/s1. The van der Waals surface area contributed by atoms with Crippen molar-refractivity contribution >= 4 is 11.9 Å². The van der Waals surface area contributed by atoms with Gasteiger partial charge in [0.2, 0.25) is 5.91 Å². The fourth-order valence-corrected chi connectivity index (χ4v) is 3.55. The lowest BCUT2D eigenvalue weighted by atomic mass is 9.80. The maximum absolute atomic E-state index is 12.9. The normalized spacial score (nSPS) is 16.0. The third-order valence-electron chi connectivity index (χ3n) is 5.74. The van der Waals surface area contributed by atoms with Gasteiger partial charge >= 0.3 is 12.1 Å². The van der Waals surface area contributed by atoms with Crippen molar-refractivity contribution in [3.63, 3.8) is 0 Å². The number of benzene rings is 2. The molecular formula is C24H26F3NO4. The Kier molecular flexibility index (Phi) is 7.56. The van der Waals surface area contributed by atoms with Gasteiger partial charge in [-0.1, -0.05) is 30.7 Å². The summed E-state index contributed by atoms with van der Waals surface area (Å²) >= 11 is 0. The van der Waals surface area contributed by atoms with Gasteiger partial charge in [0.15, 0.2) is 0 Å². The zero-order valence-electron chi connectivity index (χ0n) is 17.9. The van der Waals surface area contributed by atoms with Gasteiger partial charge in [-0.25, -0.2) is 4.79 Å². The highest BCUT2D eigenvalue weighted by Crippen LogP contribution is 2.33. The second-order valence-electron chi connectivity index (χ2n) is 7.96. The molecule has 172 valence electrons. The van der Waals surface area contributed by atoms with Gasteiger partial charge in [0, 0.05) is 0 Å². The monoisotopic (exact) mass is 449 g/mol. The van der Waals surface area contributed by atoms with Crippen LogP contribution in [0.5, 0.6) is 0 Å². The molecule has 1 fully saturated rings. The molecule has 1 N–H and O–H groups in total. The highest BCUT2D eigenvalue weighted by molar-refractivity contribution is 5.89. The van der Waals surface area contributed by atoms with E-state index < -0.39 is 23.8 Å². The van der Waals surface area contributed by atoms with E-state index in [0.717, 1.165) is 37.0 Å². The summed E-state index contributed by atoms with van der Waals surface area (Å²) in [5, 5.41) is 2.94. The van der Waals surface area contributed by atoms with Crippen LogP contribution in [-0.2, 0) is 27.1 Å². The van der Waals surface area contributed by atoms with E-state index in [4.69, 9.17) is 4.74 Å². The summed E-state index contributed by atoms with van der Waals surface area (Å²) < 4.78 is 48.7. The summed E-state index contributed by atoms with van der Waals surface area (Å²) in [5.41, 5.74) is 1.09. The Morgan fingerprint density at radius 3 is 2.19 bits per heavy atom. The average molecular weight is 449 g/mol. The maximum atomic E-state index is 12.9. The van der Waals surface area contributed by atoms with E-state index in [-0.39, 0.29) is 24.5 Å². The molecule has 0 spiro atoms. The molecule has 1 unspecified atom stereocenters. The molecule has 0 saturated heterocycles. The van der Waals surface area contributed by atoms with E-state index in [9.17, 15) is 22.8 Å². The number of halogens is 3. The topological polar surface area (TPSA) is 64.6 Å². The first-order valence-corrected chi connectivity index (χ1v) is 10.5. The van der Waals surface area contributed by atoms with Crippen LogP contribution in [0.2, 0.25) is 0 Å². The summed E-state index contributed by atoms with van der Waals surface area (Å²) in [6.45, 7) is 1.88. The second kappa shape index (κ2) is 10.2. The van der Waals surface area contributed by atoms with Crippen LogP contribution >= 0.6 is 0 Å². The number of carbonyl (C=O) groups is 2. The van der Waals surface area contributed by atoms with E-state index in [1.165, 1.54) is 19.2 Å². The highest BCUT2D eigenvalue weighted by Gasteiger charge is 2.34. The minimum absolute atomic E-state index is 0.0505. The average Bonchev–Trinajstić information content (AvgIpc) is 2.74. The summed E-state index contributed by atoms with van der Waals surface area (Å²) in [7, 11) is 1.31. The molecule has 2 aromatic rings. The van der Waals surface area contributed by atoms with Crippen molar-refractivity contribution in [2.75, 3.05) is 7.11 Å². The molecule has 0 aromatic heterocycles. The number of carbonyl (C=O) groups excluding carboxylic acids is 2. The van der Waals surface area contributed by atoms with E-state index in [1.807, 2.05) is 6.92 Å². The molecule has 1 amide bonds. The third kappa shape index (κ3) is 5.88. The van der Waals surface area contributed by atoms with Gasteiger partial charge < -0.3 is 14.8 Å². The van der Waals surface area contributed by atoms with Gasteiger partial charge in [0.1, 0.15) is 6.10 Å². The number of esters is 1. The fourth-order valence-electron chi connectivity index (χ4n) is 3.55. The van der Waals surface area contributed by atoms with Gasteiger partial charge in [-0.3, -0.25) is 4.79 Å². The molecule has 1 saturated carbocycles. The van der Waals surface area contributed by atoms with Gasteiger partial charge in [0.05, 0.1) is 30.9 Å². The summed E-state index contributed by atoms with van der Waals surface area (Å²) in [6, 6.07) is 11.2. The lowest BCUT2D eigenvalue weighted by Gasteiger charge is -2.33. The Labute approximate surface area is 184 Å². The smallest absolute Gasteiger partial charge is 0.416 e. The Balaban J connectivity index is 1.61. The molecule has 0 radical (unpaired) electrons. The Hall–Kier alpha value is -2.87. The number of hydrogen-bond donors (Lipinski definition) is 1. The van der Waals surface area contributed by atoms with E-state index in [2.05, 4.69) is 10.1 Å². The highest BCUT2D eigenvalue weighted by atomic mass is 19.4.